The van der Waals surface area contributed by atoms with E-state index in [9.17, 15) is 0 Å². The first-order chi connectivity index (χ1) is 3.81. The van der Waals surface area contributed by atoms with Gasteiger partial charge in [0.15, 0.2) is 0 Å². The lowest BCUT2D eigenvalue weighted by molar-refractivity contribution is -0.412. The number of thioether (sulfide) groups is 1. The molecule has 0 radical (unpaired) electrons. The van der Waals surface area contributed by atoms with Crippen molar-refractivity contribution in [3.05, 3.63) is 0 Å². The third-order valence-electron chi connectivity index (χ3n) is 0.988. The minimum Gasteiger partial charge on any atom is -0.354 e. The highest BCUT2D eigenvalue weighted by molar-refractivity contribution is 7.98. The van der Waals surface area contributed by atoms with Gasteiger partial charge in [-0.25, -0.2) is 0 Å². The summed E-state index contributed by atoms with van der Waals surface area (Å²) in [5.41, 5.74) is 3.90. The Bertz CT molecular complexity index is 49.7. The Labute approximate surface area is 60.8 Å². The number of thiol groups is 1. The van der Waals surface area contributed by atoms with Crippen molar-refractivity contribution in [3.8, 4) is 0 Å². The maximum Gasteiger partial charge on any atom is 0.0940 e. The van der Waals surface area contributed by atoms with Crippen LogP contribution in [0.5, 0.6) is 0 Å². The number of quaternary nitrogens is 1. The molecule has 0 aromatic rings. The molecule has 1 nitrogen and oxygen atoms in total. The van der Waals surface area contributed by atoms with E-state index in [4.69, 9.17) is 0 Å². The van der Waals surface area contributed by atoms with E-state index >= 15 is 0 Å². The zero-order valence-corrected chi connectivity index (χ0v) is 6.97. The molecule has 0 aromatic heterocycles. The van der Waals surface area contributed by atoms with Crippen LogP contribution < -0.4 is 5.73 Å². The fourth-order valence-electron chi connectivity index (χ4n) is 0.376. The molecule has 0 spiro atoms. The maximum atomic E-state index is 4.12. The van der Waals surface area contributed by atoms with E-state index in [-0.39, 0.29) is 0 Å². The first kappa shape index (κ1) is 8.66. The molecule has 0 unspecified atom stereocenters. The van der Waals surface area contributed by atoms with E-state index in [0.29, 0.717) is 6.04 Å². The van der Waals surface area contributed by atoms with E-state index < -0.39 is 0 Å². The fourth-order valence-corrected chi connectivity index (χ4v) is 1.13. The summed E-state index contributed by atoms with van der Waals surface area (Å²) < 4.78 is 0. The second-order valence-electron chi connectivity index (χ2n) is 1.83. The van der Waals surface area contributed by atoms with Crippen LogP contribution in [0.4, 0.5) is 0 Å². The normalized spacial score (nSPS) is 13.9. The standard InChI is InChI=1S/C5H13NS2/c1-8-3-2-5(6)4-7/h5,7H,2-4,6H2,1H3/p+1/t5-/m0/s1. The lowest BCUT2D eigenvalue weighted by atomic mass is 10.3. The fraction of sp³-hybridized carbons (Fsp3) is 1.00. The zero-order chi connectivity index (χ0) is 6.41. The van der Waals surface area contributed by atoms with Crippen molar-refractivity contribution in [2.75, 3.05) is 17.8 Å². The molecule has 0 aromatic carbocycles. The van der Waals surface area contributed by atoms with Crippen molar-refractivity contribution in [3.63, 3.8) is 0 Å². The Hall–Kier alpha value is 0.660. The highest BCUT2D eigenvalue weighted by Crippen LogP contribution is 1.97. The molecule has 0 aliphatic heterocycles. The van der Waals surface area contributed by atoms with Gasteiger partial charge in [0.05, 0.1) is 6.04 Å². The third kappa shape index (κ3) is 4.81. The van der Waals surface area contributed by atoms with E-state index in [1.165, 1.54) is 12.2 Å². The summed E-state index contributed by atoms with van der Waals surface area (Å²) in [5.74, 6) is 2.13. The van der Waals surface area contributed by atoms with E-state index in [1.807, 2.05) is 11.8 Å². The highest BCUT2D eigenvalue weighted by atomic mass is 32.2. The van der Waals surface area contributed by atoms with Crippen LogP contribution in [0.15, 0.2) is 0 Å². The smallest absolute Gasteiger partial charge is 0.0940 e. The molecule has 8 heavy (non-hydrogen) atoms. The zero-order valence-electron chi connectivity index (χ0n) is 5.26. The molecule has 0 amide bonds. The second kappa shape index (κ2) is 5.79. The van der Waals surface area contributed by atoms with E-state index in [2.05, 4.69) is 24.6 Å². The highest BCUT2D eigenvalue weighted by Gasteiger charge is 1.99. The minimum absolute atomic E-state index is 0.547. The van der Waals surface area contributed by atoms with Gasteiger partial charge in [-0.1, -0.05) is 0 Å². The Morgan fingerprint density at radius 2 is 2.38 bits per heavy atom. The van der Waals surface area contributed by atoms with Gasteiger partial charge in [-0.2, -0.15) is 24.4 Å². The monoisotopic (exact) mass is 152 g/mol. The first-order valence-corrected chi connectivity index (χ1v) is 4.76. The number of hydrogen-bond donors (Lipinski definition) is 2. The lowest BCUT2D eigenvalue weighted by Gasteiger charge is -2.00. The molecule has 0 heterocycles. The van der Waals surface area contributed by atoms with Crippen molar-refractivity contribution in [2.24, 2.45) is 0 Å². The molecular weight excluding hydrogens is 138 g/mol. The minimum atomic E-state index is 0.547. The molecule has 0 saturated carbocycles. The first-order valence-electron chi connectivity index (χ1n) is 2.74. The number of rotatable bonds is 4. The molecular formula is C5H14NS2+. The van der Waals surface area contributed by atoms with Gasteiger partial charge in [-0.3, -0.25) is 0 Å². The van der Waals surface area contributed by atoms with Crippen molar-refractivity contribution >= 4 is 24.4 Å². The van der Waals surface area contributed by atoms with Crippen LogP contribution in [-0.2, 0) is 0 Å². The van der Waals surface area contributed by atoms with Crippen molar-refractivity contribution in [1.82, 2.24) is 0 Å². The van der Waals surface area contributed by atoms with Crippen molar-refractivity contribution in [1.29, 1.82) is 0 Å². The van der Waals surface area contributed by atoms with Gasteiger partial charge < -0.3 is 5.73 Å². The molecule has 0 fully saturated rings. The summed E-state index contributed by atoms with van der Waals surface area (Å²) in [6.45, 7) is 0. The van der Waals surface area contributed by atoms with Gasteiger partial charge in [0.1, 0.15) is 0 Å². The average Bonchev–Trinajstić information content (AvgIpc) is 1.83. The third-order valence-corrected chi connectivity index (χ3v) is 2.15. The van der Waals surface area contributed by atoms with Crippen LogP contribution in [0.3, 0.4) is 0 Å². The molecule has 0 aliphatic rings. The van der Waals surface area contributed by atoms with Gasteiger partial charge in [-0.05, 0) is 12.0 Å². The Kier molecular flexibility index (Phi) is 6.27. The van der Waals surface area contributed by atoms with Crippen LogP contribution in [0.25, 0.3) is 0 Å². The van der Waals surface area contributed by atoms with Gasteiger partial charge in [0.2, 0.25) is 0 Å². The second-order valence-corrected chi connectivity index (χ2v) is 3.18. The molecule has 0 saturated heterocycles. The summed E-state index contributed by atoms with van der Waals surface area (Å²) in [6, 6.07) is 0.547. The Morgan fingerprint density at radius 3 is 2.75 bits per heavy atom. The van der Waals surface area contributed by atoms with Gasteiger partial charge in [0.25, 0.3) is 0 Å². The lowest BCUT2D eigenvalue weighted by Crippen LogP contribution is -2.62. The van der Waals surface area contributed by atoms with Crippen molar-refractivity contribution < 1.29 is 5.73 Å². The summed E-state index contributed by atoms with van der Waals surface area (Å²) in [7, 11) is 0. The predicted octanol–water partition coefficient (Wildman–Crippen LogP) is 0.280. The van der Waals surface area contributed by atoms with Crippen LogP contribution in [0.2, 0.25) is 0 Å². The predicted molar refractivity (Wildman–Crippen MR) is 43.5 cm³/mol. The maximum absolute atomic E-state index is 4.12. The molecule has 50 valence electrons. The van der Waals surface area contributed by atoms with Crippen LogP contribution in [-0.4, -0.2) is 23.8 Å². The quantitative estimate of drug-likeness (QED) is 0.556. The van der Waals surface area contributed by atoms with Gasteiger partial charge in [0, 0.05) is 12.2 Å². The molecule has 0 aliphatic carbocycles. The van der Waals surface area contributed by atoms with Crippen LogP contribution >= 0.6 is 24.4 Å². The van der Waals surface area contributed by atoms with Gasteiger partial charge >= 0.3 is 0 Å². The molecule has 3 N–H and O–H groups in total. The molecule has 0 bridgehead atoms. The molecule has 1 atom stereocenters. The topological polar surface area (TPSA) is 27.6 Å². The average molecular weight is 152 g/mol. The molecule has 0 rings (SSSR count). The van der Waals surface area contributed by atoms with Crippen LogP contribution in [0.1, 0.15) is 6.42 Å². The van der Waals surface area contributed by atoms with Gasteiger partial charge in [-0.15, -0.1) is 0 Å². The van der Waals surface area contributed by atoms with Crippen LogP contribution in [0, 0.1) is 0 Å². The summed E-state index contributed by atoms with van der Waals surface area (Å²) in [5, 5.41) is 0. The van der Waals surface area contributed by atoms with E-state index in [1.54, 1.807) is 0 Å². The number of hydrogen-bond acceptors (Lipinski definition) is 2. The van der Waals surface area contributed by atoms with E-state index in [0.717, 1.165) is 5.75 Å². The Morgan fingerprint density at radius 1 is 1.75 bits per heavy atom. The summed E-state index contributed by atoms with van der Waals surface area (Å²) in [4.78, 5) is 0. The SMILES string of the molecule is CSCC[C@H]([NH3+])CS. The summed E-state index contributed by atoms with van der Waals surface area (Å²) in [6.07, 6.45) is 3.32. The Balaban J connectivity index is 2.86. The summed E-state index contributed by atoms with van der Waals surface area (Å²) >= 11 is 5.99. The largest absolute Gasteiger partial charge is 0.354 e. The molecule has 3 heteroatoms. The van der Waals surface area contributed by atoms with Crippen molar-refractivity contribution in [2.45, 2.75) is 12.5 Å².